The van der Waals surface area contributed by atoms with Crippen molar-refractivity contribution in [2.24, 2.45) is 5.73 Å². The third-order valence-electron chi connectivity index (χ3n) is 2.04. The lowest BCUT2D eigenvalue weighted by Gasteiger charge is -2.14. The first-order valence-electron chi connectivity index (χ1n) is 4.99. The Morgan fingerprint density at radius 2 is 1.89 bits per heavy atom. The van der Waals surface area contributed by atoms with E-state index in [9.17, 15) is 22.2 Å². The van der Waals surface area contributed by atoms with E-state index in [4.69, 9.17) is 14.8 Å². The molecule has 0 rings (SSSR count). The van der Waals surface area contributed by atoms with Gasteiger partial charge in [-0.05, 0) is 12.3 Å². The Hall–Kier alpha value is -1.01. The number of aldehydes is 1. The Morgan fingerprint density at radius 3 is 2.26 bits per heavy atom. The van der Waals surface area contributed by atoms with Crippen LogP contribution in [0.2, 0.25) is 0 Å². The number of hydrogen-bond acceptors (Lipinski definition) is 6. The minimum absolute atomic E-state index is 0.312. The van der Waals surface area contributed by atoms with E-state index in [0.717, 1.165) is 0 Å². The zero-order valence-corrected chi connectivity index (χ0v) is 11.5. The van der Waals surface area contributed by atoms with Crippen molar-refractivity contribution in [3.8, 4) is 0 Å². The average molecular weight is 316 g/mol. The topological polar surface area (TPSA) is 164 Å². The lowest BCUT2D eigenvalue weighted by molar-refractivity contribution is -0.120. The summed E-state index contributed by atoms with van der Waals surface area (Å²) in [5.74, 6) is 1.19. The maximum Gasteiger partial charge on any atom is 0.276 e. The van der Waals surface area contributed by atoms with E-state index in [-0.39, 0.29) is 6.54 Å². The van der Waals surface area contributed by atoms with Gasteiger partial charge in [0.05, 0.1) is 15.8 Å². The summed E-state index contributed by atoms with van der Waals surface area (Å²) in [5, 5.41) is 0.131. The monoisotopic (exact) mass is 316 g/mol. The molecule has 3 atom stereocenters. The number of carbonyl (C=O) groups is 2. The Morgan fingerprint density at radius 1 is 1.37 bits per heavy atom. The van der Waals surface area contributed by atoms with Crippen LogP contribution in [0.25, 0.3) is 0 Å². The summed E-state index contributed by atoms with van der Waals surface area (Å²) in [7, 11) is -8.23. The van der Waals surface area contributed by atoms with Crippen LogP contribution in [0, 0.1) is 0 Å². The second-order valence-corrected chi connectivity index (χ2v) is 7.37. The van der Waals surface area contributed by atoms with Crippen molar-refractivity contribution in [1.29, 1.82) is 0 Å². The van der Waals surface area contributed by atoms with E-state index in [0.29, 0.717) is 6.29 Å². The average Bonchev–Trinajstić information content (AvgIpc) is 2.22. The predicted molar refractivity (Wildman–Crippen MR) is 69.8 cm³/mol. The summed E-state index contributed by atoms with van der Waals surface area (Å²) in [4.78, 5) is 21.7. The number of carbonyl (C=O) groups excluding carboxylic acids is 2. The van der Waals surface area contributed by atoms with Gasteiger partial charge in [-0.15, -0.1) is 0 Å². The maximum atomic E-state index is 11.5. The molecule has 0 aliphatic heterocycles. The first-order valence-corrected chi connectivity index (χ1v) is 8.35. The molecule has 0 saturated heterocycles. The molecule has 0 aromatic rings. The van der Waals surface area contributed by atoms with Gasteiger partial charge < -0.3 is 20.4 Å². The molecule has 1 amide bonds. The fourth-order valence-corrected chi connectivity index (χ4v) is 2.61. The third kappa shape index (κ3) is 7.89. The van der Waals surface area contributed by atoms with Crippen LogP contribution >= 0.6 is 0 Å². The standard InChI is InChI=1S/C8H16N2O7S2/c1-18(13,14)3-2-7(19(15,16)17)8(12)10-4-6(9)5-11/h5-7H,1-4,9H2,(H,10,12)(H,13,14)(H,15,16,17). The van der Waals surface area contributed by atoms with Crippen molar-refractivity contribution in [3.63, 3.8) is 0 Å². The van der Waals surface area contributed by atoms with Crippen molar-refractivity contribution in [2.45, 2.75) is 17.7 Å². The molecule has 3 unspecified atom stereocenters. The molecule has 0 fully saturated rings. The largest absolute Gasteiger partial charge is 0.353 e. The molecule has 19 heavy (non-hydrogen) atoms. The molecule has 5 N–H and O–H groups in total. The molecule has 112 valence electrons. The predicted octanol–water partition coefficient (Wildman–Crippen LogP) is -2.54. The van der Waals surface area contributed by atoms with Gasteiger partial charge in [0.2, 0.25) is 5.91 Å². The summed E-state index contributed by atoms with van der Waals surface area (Å²) in [6.07, 6.45) is -0.237. The van der Waals surface area contributed by atoms with E-state index in [1.165, 1.54) is 0 Å². The van der Waals surface area contributed by atoms with E-state index in [2.05, 4.69) is 5.87 Å². The Balaban J connectivity index is 4.78. The normalized spacial score (nSPS) is 18.1. The van der Waals surface area contributed by atoms with Crippen molar-refractivity contribution in [1.82, 2.24) is 5.32 Å². The van der Waals surface area contributed by atoms with E-state index < -0.39 is 49.3 Å². The van der Waals surface area contributed by atoms with Crippen LogP contribution in [-0.2, 0) is 29.5 Å². The first kappa shape index (κ1) is 18.0. The van der Waals surface area contributed by atoms with Gasteiger partial charge in [-0.2, -0.15) is 8.42 Å². The van der Waals surface area contributed by atoms with Crippen LogP contribution in [0.5, 0.6) is 0 Å². The Bertz CT molecular complexity index is 525. The molecule has 0 aliphatic carbocycles. The smallest absolute Gasteiger partial charge is 0.276 e. The molecule has 0 spiro atoms. The summed E-state index contributed by atoms with van der Waals surface area (Å²) < 4.78 is 50.7. The van der Waals surface area contributed by atoms with Gasteiger partial charge in [0.1, 0.15) is 6.29 Å². The number of nitrogens with one attached hydrogen (secondary N) is 1. The lowest BCUT2D eigenvalue weighted by Crippen LogP contribution is -2.45. The molecule has 9 nitrogen and oxygen atoms in total. The minimum Gasteiger partial charge on any atom is -0.353 e. The summed E-state index contributed by atoms with van der Waals surface area (Å²) >= 11 is 0. The van der Waals surface area contributed by atoms with Crippen LogP contribution in [0.4, 0.5) is 0 Å². The lowest BCUT2D eigenvalue weighted by atomic mass is 10.3. The molecule has 0 radical (unpaired) electrons. The number of nitrogens with two attached hydrogens (primary N) is 1. The fraction of sp³-hybridized carbons (Fsp3) is 0.625. The number of amides is 1. The molecular formula is C8H16N2O7S2. The van der Waals surface area contributed by atoms with E-state index in [1.807, 2.05) is 5.32 Å². The minimum atomic E-state index is -4.75. The highest BCUT2D eigenvalue weighted by Gasteiger charge is 2.31. The van der Waals surface area contributed by atoms with Crippen molar-refractivity contribution in [2.75, 3.05) is 12.3 Å². The fourth-order valence-electron chi connectivity index (χ4n) is 1.09. The quantitative estimate of drug-likeness (QED) is 0.216. The molecular weight excluding hydrogens is 300 g/mol. The number of rotatable bonds is 8. The molecule has 0 aromatic carbocycles. The Labute approximate surface area is 111 Å². The van der Waals surface area contributed by atoms with Crippen LogP contribution in [0.1, 0.15) is 6.42 Å². The molecule has 0 aliphatic rings. The number of hydrogen-bond donors (Lipinski definition) is 4. The molecule has 0 saturated carbocycles. The van der Waals surface area contributed by atoms with Crippen LogP contribution in [0.15, 0.2) is 0 Å². The maximum absolute atomic E-state index is 11.5. The molecule has 0 heterocycles. The summed E-state index contributed by atoms with van der Waals surface area (Å²) in [6, 6.07) is -1.01. The zero-order chi connectivity index (χ0) is 15.3. The Kier molecular flexibility index (Phi) is 6.59. The SMILES string of the molecule is C=S(=O)(O)CCC(C(=O)NCC(N)C=O)S(=O)(=O)O. The van der Waals surface area contributed by atoms with Crippen molar-refractivity contribution < 1.29 is 31.3 Å². The summed E-state index contributed by atoms with van der Waals surface area (Å²) in [5.41, 5.74) is 5.18. The second-order valence-electron chi connectivity index (χ2n) is 3.81. The zero-order valence-electron chi connectivity index (χ0n) is 9.89. The van der Waals surface area contributed by atoms with Gasteiger partial charge in [-0.25, -0.2) is 4.21 Å². The molecule has 11 heteroatoms. The van der Waals surface area contributed by atoms with Crippen LogP contribution in [0.3, 0.4) is 0 Å². The third-order valence-corrected chi connectivity index (χ3v) is 4.08. The van der Waals surface area contributed by atoms with Gasteiger partial charge in [-0.3, -0.25) is 9.35 Å². The summed E-state index contributed by atoms with van der Waals surface area (Å²) in [6.45, 7) is -0.312. The van der Waals surface area contributed by atoms with Gasteiger partial charge in [0.15, 0.2) is 5.25 Å². The van der Waals surface area contributed by atoms with Gasteiger partial charge in [0, 0.05) is 12.3 Å². The van der Waals surface area contributed by atoms with Crippen molar-refractivity contribution >= 4 is 38.0 Å². The van der Waals surface area contributed by atoms with Crippen molar-refractivity contribution in [3.05, 3.63) is 0 Å². The van der Waals surface area contributed by atoms with Gasteiger partial charge in [-0.1, -0.05) is 0 Å². The van der Waals surface area contributed by atoms with Gasteiger partial charge in [0.25, 0.3) is 10.1 Å². The first-order chi connectivity index (χ1) is 8.47. The molecule has 0 bridgehead atoms. The second kappa shape index (κ2) is 6.96. The molecule has 0 aromatic heterocycles. The highest BCUT2D eigenvalue weighted by molar-refractivity contribution is 7.95. The van der Waals surface area contributed by atoms with E-state index in [1.54, 1.807) is 0 Å². The highest BCUT2D eigenvalue weighted by atomic mass is 32.2. The van der Waals surface area contributed by atoms with Gasteiger partial charge >= 0.3 is 0 Å². The van der Waals surface area contributed by atoms with Crippen LogP contribution in [-0.4, -0.2) is 63.4 Å². The van der Waals surface area contributed by atoms with E-state index >= 15 is 0 Å². The highest BCUT2D eigenvalue weighted by Crippen LogP contribution is 2.06. The van der Waals surface area contributed by atoms with Crippen LogP contribution < -0.4 is 11.1 Å².